The highest BCUT2D eigenvalue weighted by atomic mass is 32.1. The summed E-state index contributed by atoms with van der Waals surface area (Å²) in [5, 5.41) is 8.02. The molecule has 1 unspecified atom stereocenters. The molecule has 0 saturated heterocycles. The summed E-state index contributed by atoms with van der Waals surface area (Å²) in [6, 6.07) is 13.6. The monoisotopic (exact) mass is 273 g/mol. The summed E-state index contributed by atoms with van der Waals surface area (Å²) in [6.45, 7) is 3.21. The molecule has 2 rings (SSSR count). The second-order valence-electron chi connectivity index (χ2n) is 4.90. The Bertz CT molecular complexity index is 436. The van der Waals surface area contributed by atoms with Crippen LogP contribution in [0.4, 0.5) is 0 Å². The van der Waals surface area contributed by atoms with Gasteiger partial charge in [0.2, 0.25) is 0 Å². The zero-order valence-corrected chi connectivity index (χ0v) is 12.5. The van der Waals surface area contributed by atoms with E-state index in [-0.39, 0.29) is 0 Å². The van der Waals surface area contributed by atoms with Crippen molar-refractivity contribution < 1.29 is 0 Å². The summed E-state index contributed by atoms with van der Waals surface area (Å²) in [7, 11) is 0. The van der Waals surface area contributed by atoms with Gasteiger partial charge in [-0.3, -0.25) is 0 Å². The van der Waals surface area contributed by atoms with Crippen LogP contribution in [-0.2, 0) is 6.42 Å². The zero-order chi connectivity index (χ0) is 13.3. The predicted molar refractivity (Wildman–Crippen MR) is 84.7 cm³/mol. The molecule has 1 nitrogen and oxygen atoms in total. The lowest BCUT2D eigenvalue weighted by Crippen LogP contribution is -2.20. The maximum absolute atomic E-state index is 3.59. The fourth-order valence-electron chi connectivity index (χ4n) is 2.43. The lowest BCUT2D eigenvalue weighted by Gasteiger charge is -2.18. The Balaban J connectivity index is 1.77. The normalized spacial score (nSPS) is 12.5. The third-order valence-electron chi connectivity index (χ3n) is 3.44. The summed E-state index contributed by atoms with van der Waals surface area (Å²) in [6.07, 6.45) is 5.01. The first-order valence-corrected chi connectivity index (χ1v) is 8.14. The number of aryl methyl sites for hydroxylation is 1. The van der Waals surface area contributed by atoms with Crippen LogP contribution in [0.1, 0.15) is 43.4 Å². The molecule has 2 aromatic rings. The summed E-state index contributed by atoms with van der Waals surface area (Å²) in [4.78, 5) is 0. The first-order valence-electron chi connectivity index (χ1n) is 7.19. The third kappa shape index (κ3) is 4.81. The van der Waals surface area contributed by atoms with E-state index in [0.29, 0.717) is 6.04 Å². The van der Waals surface area contributed by atoms with E-state index in [1.54, 1.807) is 11.3 Å². The molecule has 0 spiro atoms. The highest BCUT2D eigenvalue weighted by molar-refractivity contribution is 7.07. The van der Waals surface area contributed by atoms with Gasteiger partial charge in [0.15, 0.2) is 0 Å². The van der Waals surface area contributed by atoms with Crippen LogP contribution in [-0.4, -0.2) is 6.54 Å². The lowest BCUT2D eigenvalue weighted by atomic mass is 9.99. The number of nitrogens with one attached hydrogen (secondary N) is 1. The summed E-state index contributed by atoms with van der Waals surface area (Å²) in [5.41, 5.74) is 2.91. The van der Waals surface area contributed by atoms with Crippen molar-refractivity contribution in [3.8, 4) is 0 Å². The van der Waals surface area contributed by atoms with Crippen LogP contribution in [0.2, 0.25) is 0 Å². The molecule has 1 atom stereocenters. The quantitative estimate of drug-likeness (QED) is 0.680. The van der Waals surface area contributed by atoms with E-state index in [1.165, 1.54) is 36.8 Å². The minimum Gasteiger partial charge on any atom is -0.310 e. The van der Waals surface area contributed by atoms with E-state index in [4.69, 9.17) is 0 Å². The Morgan fingerprint density at radius 2 is 1.95 bits per heavy atom. The average Bonchev–Trinajstić information content (AvgIpc) is 2.96. The third-order valence-corrected chi connectivity index (χ3v) is 4.17. The number of unbranched alkanes of at least 4 members (excludes halogenated alkanes) is 1. The Kier molecular flexibility index (Phi) is 6.12. The van der Waals surface area contributed by atoms with E-state index in [1.807, 2.05) is 0 Å². The minimum absolute atomic E-state index is 0.508. The van der Waals surface area contributed by atoms with Crippen molar-refractivity contribution in [3.05, 3.63) is 58.3 Å². The van der Waals surface area contributed by atoms with Crippen molar-refractivity contribution in [1.82, 2.24) is 5.32 Å². The van der Waals surface area contributed by atoms with Crippen LogP contribution in [0.15, 0.2) is 47.2 Å². The van der Waals surface area contributed by atoms with Gasteiger partial charge in [-0.25, -0.2) is 0 Å². The average molecular weight is 273 g/mol. The van der Waals surface area contributed by atoms with Gasteiger partial charge >= 0.3 is 0 Å². The maximum atomic E-state index is 3.59. The molecule has 0 fully saturated rings. The van der Waals surface area contributed by atoms with Crippen LogP contribution in [0.25, 0.3) is 0 Å². The molecule has 0 aliphatic heterocycles. The van der Waals surface area contributed by atoms with Gasteiger partial charge < -0.3 is 5.32 Å². The zero-order valence-electron chi connectivity index (χ0n) is 11.6. The molecular formula is C17H23NS. The van der Waals surface area contributed by atoms with Crippen molar-refractivity contribution in [3.63, 3.8) is 0 Å². The van der Waals surface area contributed by atoms with E-state index in [0.717, 1.165) is 6.54 Å². The molecule has 0 aliphatic carbocycles. The van der Waals surface area contributed by atoms with Gasteiger partial charge in [-0.2, -0.15) is 11.3 Å². The lowest BCUT2D eigenvalue weighted by molar-refractivity contribution is 0.488. The van der Waals surface area contributed by atoms with E-state index >= 15 is 0 Å². The van der Waals surface area contributed by atoms with Gasteiger partial charge in [-0.15, -0.1) is 0 Å². The first kappa shape index (κ1) is 14.3. The van der Waals surface area contributed by atoms with Gasteiger partial charge in [0.25, 0.3) is 0 Å². The molecule has 102 valence electrons. The van der Waals surface area contributed by atoms with Crippen LogP contribution in [0, 0.1) is 0 Å². The van der Waals surface area contributed by atoms with Crippen molar-refractivity contribution >= 4 is 11.3 Å². The van der Waals surface area contributed by atoms with Crippen molar-refractivity contribution in [2.45, 2.75) is 38.6 Å². The molecule has 0 radical (unpaired) electrons. The Morgan fingerprint density at radius 1 is 1.11 bits per heavy atom. The molecule has 1 aromatic carbocycles. The molecule has 2 heteroatoms. The fourth-order valence-corrected chi connectivity index (χ4v) is 3.13. The van der Waals surface area contributed by atoms with Crippen LogP contribution >= 0.6 is 11.3 Å². The standard InChI is InChI=1S/C17H23NS/c1-2-18-17(16-9-4-3-5-10-16)11-7-6-8-15-12-13-19-14-15/h3-5,9-10,12-14,17-18H,2,6-8,11H2,1H3. The number of hydrogen-bond acceptors (Lipinski definition) is 2. The van der Waals surface area contributed by atoms with E-state index < -0.39 is 0 Å². The first-order chi connectivity index (χ1) is 9.40. The maximum Gasteiger partial charge on any atom is 0.0320 e. The van der Waals surface area contributed by atoms with Gasteiger partial charge in [0.1, 0.15) is 0 Å². The largest absolute Gasteiger partial charge is 0.310 e. The molecule has 0 amide bonds. The van der Waals surface area contributed by atoms with E-state index in [9.17, 15) is 0 Å². The number of hydrogen-bond donors (Lipinski definition) is 1. The SMILES string of the molecule is CCNC(CCCCc1ccsc1)c1ccccc1. The van der Waals surface area contributed by atoms with Gasteiger partial charge in [-0.1, -0.05) is 43.7 Å². The highest BCUT2D eigenvalue weighted by Crippen LogP contribution is 2.20. The van der Waals surface area contributed by atoms with Crippen LogP contribution in [0.3, 0.4) is 0 Å². The summed E-state index contributed by atoms with van der Waals surface area (Å²) in [5.74, 6) is 0. The molecule has 0 saturated carbocycles. The van der Waals surface area contributed by atoms with Crippen LogP contribution < -0.4 is 5.32 Å². The topological polar surface area (TPSA) is 12.0 Å². The number of rotatable bonds is 8. The fraction of sp³-hybridized carbons (Fsp3) is 0.412. The molecule has 0 bridgehead atoms. The minimum atomic E-state index is 0.508. The van der Waals surface area contributed by atoms with Gasteiger partial charge in [0, 0.05) is 6.04 Å². The van der Waals surface area contributed by atoms with Gasteiger partial charge in [0.05, 0.1) is 0 Å². The second-order valence-corrected chi connectivity index (χ2v) is 5.68. The Hall–Kier alpha value is -1.12. The molecular weight excluding hydrogens is 250 g/mol. The van der Waals surface area contributed by atoms with Crippen molar-refractivity contribution in [1.29, 1.82) is 0 Å². The molecule has 1 aromatic heterocycles. The predicted octanol–water partition coefficient (Wildman–Crippen LogP) is 4.81. The van der Waals surface area contributed by atoms with Gasteiger partial charge in [-0.05, 0) is 53.8 Å². The van der Waals surface area contributed by atoms with Crippen molar-refractivity contribution in [2.75, 3.05) is 6.54 Å². The Labute approximate surface area is 120 Å². The second kappa shape index (κ2) is 8.13. The number of benzene rings is 1. The smallest absolute Gasteiger partial charge is 0.0320 e. The molecule has 0 aliphatic rings. The molecule has 1 heterocycles. The summed E-state index contributed by atoms with van der Waals surface area (Å²) >= 11 is 1.80. The Morgan fingerprint density at radius 3 is 2.63 bits per heavy atom. The van der Waals surface area contributed by atoms with Crippen LogP contribution in [0.5, 0.6) is 0 Å². The summed E-state index contributed by atoms with van der Waals surface area (Å²) < 4.78 is 0. The molecule has 19 heavy (non-hydrogen) atoms. The number of thiophene rings is 1. The molecule has 1 N–H and O–H groups in total. The highest BCUT2D eigenvalue weighted by Gasteiger charge is 2.08. The van der Waals surface area contributed by atoms with E-state index in [2.05, 4.69) is 59.4 Å². The van der Waals surface area contributed by atoms with Crippen molar-refractivity contribution in [2.24, 2.45) is 0 Å².